The van der Waals surface area contributed by atoms with Crippen LogP contribution in [0.25, 0.3) is 0 Å². The highest BCUT2D eigenvalue weighted by molar-refractivity contribution is 9.10. The van der Waals surface area contributed by atoms with Crippen molar-refractivity contribution in [1.82, 2.24) is 0 Å². The molecule has 0 unspecified atom stereocenters. The van der Waals surface area contributed by atoms with Gasteiger partial charge in [-0.3, -0.25) is 0 Å². The zero-order valence-electron chi connectivity index (χ0n) is 13.2. The van der Waals surface area contributed by atoms with Crippen LogP contribution in [0.3, 0.4) is 0 Å². The lowest BCUT2D eigenvalue weighted by atomic mass is 10.1. The second-order valence-corrected chi connectivity index (χ2v) is 6.57. The van der Waals surface area contributed by atoms with E-state index in [1.165, 1.54) is 5.56 Å². The Labute approximate surface area is 149 Å². The van der Waals surface area contributed by atoms with E-state index in [0.717, 1.165) is 16.9 Å². The zero-order chi connectivity index (χ0) is 17.0. The molecule has 0 aliphatic carbocycles. The van der Waals surface area contributed by atoms with Crippen molar-refractivity contribution in [2.24, 2.45) is 0 Å². The molecular weight excluding hydrogens is 378 g/mol. The summed E-state index contributed by atoms with van der Waals surface area (Å²) in [4.78, 5) is 0. The number of halogens is 2. The van der Waals surface area contributed by atoms with Crippen molar-refractivity contribution < 1.29 is 9.47 Å². The van der Waals surface area contributed by atoms with Gasteiger partial charge in [0.1, 0.15) is 25.0 Å². The number of hydrogen-bond donors (Lipinski definition) is 0. The topological polar surface area (TPSA) is 42.2 Å². The lowest BCUT2D eigenvalue weighted by Gasteiger charge is -2.14. The Morgan fingerprint density at radius 3 is 2.48 bits per heavy atom. The maximum atomic E-state index is 9.16. The summed E-state index contributed by atoms with van der Waals surface area (Å²) in [6.45, 7) is 6.87. The second-order valence-electron chi connectivity index (χ2n) is 5.28. The summed E-state index contributed by atoms with van der Waals surface area (Å²) < 4.78 is 12.1. The van der Waals surface area contributed by atoms with Gasteiger partial charge in [-0.2, -0.15) is 5.26 Å². The lowest BCUT2D eigenvalue weighted by Crippen LogP contribution is -2.11. The highest BCUT2D eigenvalue weighted by Gasteiger charge is 2.10. The minimum atomic E-state index is 0.335. The summed E-state index contributed by atoms with van der Waals surface area (Å²) in [5, 5.41) is 9.65. The normalized spacial score (nSPS) is 10.3. The van der Waals surface area contributed by atoms with Crippen LogP contribution >= 0.6 is 27.5 Å². The molecule has 0 aliphatic rings. The van der Waals surface area contributed by atoms with E-state index in [2.05, 4.69) is 35.0 Å². The van der Waals surface area contributed by atoms with Crippen molar-refractivity contribution in [3.63, 3.8) is 0 Å². The average Bonchev–Trinajstić information content (AvgIpc) is 2.49. The molecule has 0 amide bonds. The van der Waals surface area contributed by atoms with Crippen LogP contribution in [0.4, 0.5) is 0 Å². The van der Waals surface area contributed by atoms with E-state index in [1.807, 2.05) is 19.9 Å². The van der Waals surface area contributed by atoms with Crippen LogP contribution in [0.15, 0.2) is 28.7 Å². The van der Waals surface area contributed by atoms with E-state index < -0.39 is 0 Å². The Hall–Kier alpha value is -1.70. The molecule has 0 aromatic heterocycles. The largest absolute Gasteiger partial charge is 0.490 e. The Bertz CT molecular complexity index is 769. The van der Waals surface area contributed by atoms with Crippen LogP contribution in [0, 0.1) is 32.1 Å². The molecule has 5 heteroatoms. The molecule has 0 fully saturated rings. The van der Waals surface area contributed by atoms with Crippen molar-refractivity contribution in [2.45, 2.75) is 20.8 Å². The predicted molar refractivity (Wildman–Crippen MR) is 95.5 cm³/mol. The van der Waals surface area contributed by atoms with Gasteiger partial charge >= 0.3 is 0 Å². The number of benzene rings is 2. The maximum absolute atomic E-state index is 9.16. The molecule has 0 saturated heterocycles. The molecule has 0 bridgehead atoms. The van der Waals surface area contributed by atoms with Gasteiger partial charge in [-0.05, 0) is 71.6 Å². The second kappa shape index (κ2) is 7.72. The molecule has 0 radical (unpaired) electrons. The molecule has 3 nitrogen and oxygen atoms in total. The number of hydrogen-bond acceptors (Lipinski definition) is 3. The van der Waals surface area contributed by atoms with Crippen molar-refractivity contribution >= 4 is 27.5 Å². The molecule has 23 heavy (non-hydrogen) atoms. The van der Waals surface area contributed by atoms with Crippen LogP contribution in [0.5, 0.6) is 11.5 Å². The van der Waals surface area contributed by atoms with Gasteiger partial charge in [0, 0.05) is 5.02 Å². The summed E-state index contributed by atoms with van der Waals surface area (Å²) in [7, 11) is 0. The predicted octanol–water partition coefficient (Wildman–Crippen LogP) is 5.36. The van der Waals surface area contributed by atoms with Gasteiger partial charge in [0.05, 0.1) is 10.0 Å². The minimum Gasteiger partial charge on any atom is -0.490 e. The molecule has 2 aromatic carbocycles. The standard InChI is InChI=1S/C18H17BrClNO2/c1-11-6-12(2)13(3)17(7-11)22-4-5-23-18-14(10-21)8-15(20)9-16(18)19/h6-9H,4-5H2,1-3H3. The Morgan fingerprint density at radius 2 is 1.78 bits per heavy atom. The molecule has 2 aromatic rings. The van der Waals surface area contributed by atoms with Gasteiger partial charge in [0.2, 0.25) is 0 Å². The number of nitriles is 1. The van der Waals surface area contributed by atoms with Crippen molar-refractivity contribution in [3.8, 4) is 17.6 Å². The molecule has 0 spiro atoms. The summed E-state index contributed by atoms with van der Waals surface area (Å²) >= 11 is 9.29. The third-order valence-electron chi connectivity index (χ3n) is 3.48. The quantitative estimate of drug-likeness (QED) is 0.641. The van der Waals surface area contributed by atoms with Crippen molar-refractivity contribution in [1.29, 1.82) is 5.26 Å². The smallest absolute Gasteiger partial charge is 0.151 e. The van der Waals surface area contributed by atoms with Gasteiger partial charge in [-0.15, -0.1) is 0 Å². The van der Waals surface area contributed by atoms with Gasteiger partial charge < -0.3 is 9.47 Å². The van der Waals surface area contributed by atoms with Crippen molar-refractivity contribution in [2.75, 3.05) is 13.2 Å². The number of ether oxygens (including phenoxy) is 2. The van der Waals surface area contributed by atoms with Gasteiger partial charge in [-0.25, -0.2) is 0 Å². The third-order valence-corrected chi connectivity index (χ3v) is 4.29. The number of aryl methyl sites for hydroxylation is 2. The molecule has 0 aliphatic heterocycles. The zero-order valence-corrected chi connectivity index (χ0v) is 15.6. The van der Waals surface area contributed by atoms with E-state index in [0.29, 0.717) is 34.0 Å². The molecule has 0 N–H and O–H groups in total. The van der Waals surface area contributed by atoms with E-state index in [9.17, 15) is 0 Å². The van der Waals surface area contributed by atoms with Crippen molar-refractivity contribution in [3.05, 3.63) is 56.0 Å². The van der Waals surface area contributed by atoms with Crippen LogP contribution in [0.1, 0.15) is 22.3 Å². The van der Waals surface area contributed by atoms with Crippen LogP contribution in [-0.4, -0.2) is 13.2 Å². The van der Waals surface area contributed by atoms with Gasteiger partial charge in [-0.1, -0.05) is 17.7 Å². The van der Waals surface area contributed by atoms with E-state index in [1.54, 1.807) is 12.1 Å². The van der Waals surface area contributed by atoms with E-state index >= 15 is 0 Å². The first-order valence-electron chi connectivity index (χ1n) is 7.15. The van der Waals surface area contributed by atoms with Crippen LogP contribution in [0.2, 0.25) is 5.02 Å². The molecule has 0 saturated carbocycles. The summed E-state index contributed by atoms with van der Waals surface area (Å²) in [6.07, 6.45) is 0. The SMILES string of the molecule is Cc1cc(C)c(C)c(OCCOc2c(Br)cc(Cl)cc2C#N)c1. The summed E-state index contributed by atoms with van der Waals surface area (Å²) in [5.74, 6) is 1.35. The summed E-state index contributed by atoms with van der Waals surface area (Å²) in [5.41, 5.74) is 3.89. The highest BCUT2D eigenvalue weighted by atomic mass is 79.9. The minimum absolute atomic E-state index is 0.335. The number of nitrogens with zero attached hydrogens (tertiary/aromatic N) is 1. The van der Waals surface area contributed by atoms with Crippen LogP contribution in [-0.2, 0) is 0 Å². The maximum Gasteiger partial charge on any atom is 0.151 e. The highest BCUT2D eigenvalue weighted by Crippen LogP contribution is 2.32. The summed E-state index contributed by atoms with van der Waals surface area (Å²) in [6, 6.07) is 9.50. The van der Waals surface area contributed by atoms with E-state index in [4.69, 9.17) is 26.3 Å². The Morgan fingerprint density at radius 1 is 1.09 bits per heavy atom. The molecule has 0 heterocycles. The first-order valence-corrected chi connectivity index (χ1v) is 8.32. The molecule has 2 rings (SSSR count). The molecule has 120 valence electrons. The fourth-order valence-electron chi connectivity index (χ4n) is 2.24. The fourth-order valence-corrected chi connectivity index (χ4v) is 3.16. The van der Waals surface area contributed by atoms with Crippen LogP contribution < -0.4 is 9.47 Å². The average molecular weight is 395 g/mol. The first kappa shape index (κ1) is 17.7. The lowest BCUT2D eigenvalue weighted by molar-refractivity contribution is 0.215. The molecule has 0 atom stereocenters. The Kier molecular flexibility index (Phi) is 5.92. The Balaban J connectivity index is 2.01. The van der Waals surface area contributed by atoms with Gasteiger partial charge in [0.15, 0.2) is 5.75 Å². The molecular formula is C18H17BrClNO2. The van der Waals surface area contributed by atoms with E-state index in [-0.39, 0.29) is 0 Å². The fraction of sp³-hybridized carbons (Fsp3) is 0.278. The number of rotatable bonds is 5. The van der Waals surface area contributed by atoms with Gasteiger partial charge in [0.25, 0.3) is 0 Å². The third kappa shape index (κ3) is 4.40. The first-order chi connectivity index (χ1) is 10.9. The monoisotopic (exact) mass is 393 g/mol.